The Balaban J connectivity index is 1.71. The largest absolute Gasteiger partial charge is 0.494 e. The first kappa shape index (κ1) is 15.8. The average molecular weight is 329 g/mol. The van der Waals surface area contributed by atoms with Gasteiger partial charge in [0.1, 0.15) is 5.69 Å². The molecule has 0 spiro atoms. The SMILES string of the molecule is COc1ccc([C@@H](C)NC(=O)c2cc(-c3ccco3)[nH]n2)cc1F. The maximum atomic E-state index is 13.8. The van der Waals surface area contributed by atoms with E-state index >= 15 is 0 Å². The smallest absolute Gasteiger partial charge is 0.272 e. The number of halogens is 1. The van der Waals surface area contributed by atoms with Crippen molar-refractivity contribution in [1.82, 2.24) is 15.5 Å². The van der Waals surface area contributed by atoms with E-state index in [1.54, 1.807) is 31.2 Å². The van der Waals surface area contributed by atoms with E-state index in [2.05, 4.69) is 15.5 Å². The molecule has 0 saturated carbocycles. The van der Waals surface area contributed by atoms with Crippen LogP contribution in [0.1, 0.15) is 29.0 Å². The fourth-order valence-corrected chi connectivity index (χ4v) is 2.30. The molecule has 1 amide bonds. The number of amides is 1. The highest BCUT2D eigenvalue weighted by Gasteiger charge is 2.17. The summed E-state index contributed by atoms with van der Waals surface area (Å²) in [5.41, 5.74) is 1.46. The molecular formula is C17H16FN3O3. The van der Waals surface area contributed by atoms with Gasteiger partial charge >= 0.3 is 0 Å². The number of H-pyrrole nitrogens is 1. The molecule has 0 aliphatic carbocycles. The number of nitrogens with one attached hydrogen (secondary N) is 2. The van der Waals surface area contributed by atoms with Crippen LogP contribution >= 0.6 is 0 Å². The van der Waals surface area contributed by atoms with E-state index in [0.717, 1.165) is 0 Å². The van der Waals surface area contributed by atoms with E-state index < -0.39 is 5.82 Å². The molecule has 0 bridgehead atoms. The van der Waals surface area contributed by atoms with Crippen molar-refractivity contribution < 1.29 is 18.3 Å². The molecule has 1 atom stereocenters. The van der Waals surface area contributed by atoms with Gasteiger partial charge in [0.05, 0.1) is 19.4 Å². The lowest BCUT2D eigenvalue weighted by Crippen LogP contribution is -2.27. The second-order valence-corrected chi connectivity index (χ2v) is 5.23. The van der Waals surface area contributed by atoms with E-state index in [1.807, 2.05) is 0 Å². The Kier molecular flexibility index (Phi) is 4.33. The summed E-state index contributed by atoms with van der Waals surface area (Å²) in [6.07, 6.45) is 1.54. The predicted octanol–water partition coefficient (Wildman–Crippen LogP) is 3.31. The van der Waals surface area contributed by atoms with Gasteiger partial charge in [0.15, 0.2) is 23.0 Å². The molecule has 2 aromatic heterocycles. The van der Waals surface area contributed by atoms with Crippen LogP contribution in [-0.4, -0.2) is 23.2 Å². The van der Waals surface area contributed by atoms with Gasteiger partial charge < -0.3 is 14.5 Å². The third-order valence-electron chi connectivity index (χ3n) is 3.62. The number of methoxy groups -OCH3 is 1. The third kappa shape index (κ3) is 3.15. The summed E-state index contributed by atoms with van der Waals surface area (Å²) in [6.45, 7) is 1.76. The molecule has 0 aliphatic rings. The summed E-state index contributed by atoms with van der Waals surface area (Å²) < 4.78 is 23.9. The number of nitrogens with zero attached hydrogens (tertiary/aromatic N) is 1. The minimum Gasteiger partial charge on any atom is -0.494 e. The number of aromatic nitrogens is 2. The Morgan fingerprint density at radius 3 is 2.88 bits per heavy atom. The first-order chi connectivity index (χ1) is 11.6. The maximum absolute atomic E-state index is 13.8. The van der Waals surface area contributed by atoms with Crippen molar-refractivity contribution in [2.24, 2.45) is 0 Å². The molecule has 0 radical (unpaired) electrons. The van der Waals surface area contributed by atoms with Crippen molar-refractivity contribution in [3.8, 4) is 17.2 Å². The molecule has 0 saturated heterocycles. The topological polar surface area (TPSA) is 80.1 Å². The number of benzene rings is 1. The minimum absolute atomic E-state index is 0.160. The number of carbonyl (C=O) groups excluding carboxylic acids is 1. The van der Waals surface area contributed by atoms with Crippen LogP contribution in [0.3, 0.4) is 0 Å². The molecule has 0 aliphatic heterocycles. The van der Waals surface area contributed by atoms with Crippen LogP contribution in [0.4, 0.5) is 4.39 Å². The summed E-state index contributed by atoms with van der Waals surface area (Å²) in [5.74, 6) is -0.0942. The average Bonchev–Trinajstić information content (AvgIpc) is 3.25. The molecule has 0 unspecified atom stereocenters. The van der Waals surface area contributed by atoms with Crippen LogP contribution in [0.15, 0.2) is 47.1 Å². The number of aromatic amines is 1. The molecular weight excluding hydrogens is 313 g/mol. The van der Waals surface area contributed by atoms with Gasteiger partial charge in [0.25, 0.3) is 5.91 Å². The Hall–Kier alpha value is -3.09. The number of hydrogen-bond acceptors (Lipinski definition) is 4. The van der Waals surface area contributed by atoms with Crippen LogP contribution in [0.2, 0.25) is 0 Å². The van der Waals surface area contributed by atoms with Crippen LogP contribution in [0.25, 0.3) is 11.5 Å². The minimum atomic E-state index is -0.476. The standard InChI is InChI=1S/C17H16FN3O3/c1-10(11-5-6-15(23-2)12(18)8-11)19-17(22)14-9-13(20-21-14)16-4-3-7-24-16/h3-10H,1-2H3,(H,19,22)(H,20,21)/t10-/m1/s1. The van der Waals surface area contributed by atoms with Crippen molar-refractivity contribution in [2.75, 3.05) is 7.11 Å². The summed E-state index contributed by atoms with van der Waals surface area (Å²) in [4.78, 5) is 12.3. The molecule has 7 heteroatoms. The summed E-state index contributed by atoms with van der Waals surface area (Å²) in [7, 11) is 1.40. The number of furan rings is 1. The van der Waals surface area contributed by atoms with E-state index in [1.165, 1.54) is 25.5 Å². The van der Waals surface area contributed by atoms with Gasteiger partial charge in [-0.15, -0.1) is 0 Å². The lowest BCUT2D eigenvalue weighted by atomic mass is 10.1. The van der Waals surface area contributed by atoms with E-state index in [9.17, 15) is 9.18 Å². The molecule has 124 valence electrons. The second kappa shape index (κ2) is 6.57. The van der Waals surface area contributed by atoms with E-state index in [-0.39, 0.29) is 23.4 Å². The molecule has 3 rings (SSSR count). The Morgan fingerprint density at radius 1 is 1.38 bits per heavy atom. The number of ether oxygens (including phenoxy) is 1. The number of rotatable bonds is 5. The highest BCUT2D eigenvalue weighted by atomic mass is 19.1. The maximum Gasteiger partial charge on any atom is 0.272 e. The lowest BCUT2D eigenvalue weighted by molar-refractivity contribution is 0.0934. The number of carbonyl (C=O) groups is 1. The molecule has 2 N–H and O–H groups in total. The normalized spacial score (nSPS) is 12.0. The molecule has 1 aromatic carbocycles. The Morgan fingerprint density at radius 2 is 2.21 bits per heavy atom. The highest BCUT2D eigenvalue weighted by molar-refractivity contribution is 5.93. The van der Waals surface area contributed by atoms with Crippen LogP contribution in [0.5, 0.6) is 5.75 Å². The van der Waals surface area contributed by atoms with Crippen LogP contribution < -0.4 is 10.1 Å². The quantitative estimate of drug-likeness (QED) is 0.752. The van der Waals surface area contributed by atoms with Crippen molar-refractivity contribution in [1.29, 1.82) is 0 Å². The van der Waals surface area contributed by atoms with Gasteiger partial charge in [0.2, 0.25) is 0 Å². The lowest BCUT2D eigenvalue weighted by Gasteiger charge is -2.14. The van der Waals surface area contributed by atoms with Crippen molar-refractivity contribution in [3.63, 3.8) is 0 Å². The molecule has 24 heavy (non-hydrogen) atoms. The van der Waals surface area contributed by atoms with E-state index in [0.29, 0.717) is 17.0 Å². The van der Waals surface area contributed by atoms with Gasteiger partial charge in [-0.05, 0) is 36.8 Å². The van der Waals surface area contributed by atoms with Crippen LogP contribution in [0, 0.1) is 5.82 Å². The monoisotopic (exact) mass is 329 g/mol. The first-order valence-electron chi connectivity index (χ1n) is 7.32. The summed E-state index contributed by atoms with van der Waals surface area (Å²) in [5, 5.41) is 9.49. The number of hydrogen-bond donors (Lipinski definition) is 2. The van der Waals surface area contributed by atoms with Crippen molar-refractivity contribution in [3.05, 3.63) is 59.7 Å². The molecule has 0 fully saturated rings. The summed E-state index contributed by atoms with van der Waals surface area (Å²) in [6, 6.07) is 9.27. The predicted molar refractivity (Wildman–Crippen MR) is 85.1 cm³/mol. The van der Waals surface area contributed by atoms with E-state index in [4.69, 9.17) is 9.15 Å². The fraction of sp³-hybridized carbons (Fsp3) is 0.176. The molecule has 3 aromatic rings. The fourth-order valence-electron chi connectivity index (χ4n) is 2.30. The molecule has 6 nitrogen and oxygen atoms in total. The second-order valence-electron chi connectivity index (χ2n) is 5.23. The van der Waals surface area contributed by atoms with Gasteiger partial charge in [-0.3, -0.25) is 9.89 Å². The third-order valence-corrected chi connectivity index (χ3v) is 3.62. The zero-order valence-electron chi connectivity index (χ0n) is 13.2. The van der Waals surface area contributed by atoms with Crippen LogP contribution in [-0.2, 0) is 0 Å². The zero-order valence-corrected chi connectivity index (χ0v) is 13.2. The van der Waals surface area contributed by atoms with Crippen molar-refractivity contribution in [2.45, 2.75) is 13.0 Å². The van der Waals surface area contributed by atoms with Gasteiger partial charge in [0, 0.05) is 6.07 Å². The van der Waals surface area contributed by atoms with Gasteiger partial charge in [-0.2, -0.15) is 5.10 Å². The molecule has 2 heterocycles. The first-order valence-corrected chi connectivity index (χ1v) is 7.32. The van der Waals surface area contributed by atoms with Gasteiger partial charge in [-0.25, -0.2) is 4.39 Å². The zero-order chi connectivity index (χ0) is 17.1. The van der Waals surface area contributed by atoms with Crippen molar-refractivity contribution >= 4 is 5.91 Å². The summed E-state index contributed by atoms with van der Waals surface area (Å²) >= 11 is 0. The Bertz CT molecular complexity index is 843. The Labute approximate surface area is 137 Å². The highest BCUT2D eigenvalue weighted by Crippen LogP contribution is 2.22. The van der Waals surface area contributed by atoms with Gasteiger partial charge in [-0.1, -0.05) is 6.07 Å².